The van der Waals surface area contributed by atoms with Gasteiger partial charge < -0.3 is 18.9 Å². The summed E-state index contributed by atoms with van der Waals surface area (Å²) in [5.41, 5.74) is 0. The predicted molar refractivity (Wildman–Crippen MR) is 54.8 cm³/mol. The molecule has 0 fully saturated rings. The minimum Gasteiger partial charge on any atom is -0.460 e. The molecule has 0 heterocycles. The molecule has 0 saturated heterocycles. The maximum atomic E-state index is 11.0. The van der Waals surface area contributed by atoms with Gasteiger partial charge in [-0.15, -0.1) is 0 Å². The third-order valence-corrected chi connectivity index (χ3v) is 1.42. The number of carbonyl (C=O) groups excluding carboxylic acids is 2. The van der Waals surface area contributed by atoms with E-state index >= 15 is 0 Å². The summed E-state index contributed by atoms with van der Waals surface area (Å²) in [4.78, 5) is 21.9. The zero-order valence-electron chi connectivity index (χ0n) is 9.43. The van der Waals surface area contributed by atoms with Crippen LogP contribution < -0.4 is 0 Å². The molecule has 0 rings (SSSR count). The van der Waals surface area contributed by atoms with Gasteiger partial charge >= 0.3 is 11.9 Å². The van der Waals surface area contributed by atoms with Crippen LogP contribution >= 0.6 is 0 Å². The average Bonchev–Trinajstić information content (AvgIpc) is 2.27. The number of esters is 2. The monoisotopic (exact) mass is 232 g/mol. The molecule has 0 aliphatic heterocycles. The smallest absolute Gasteiger partial charge is 0.331 e. The zero-order valence-corrected chi connectivity index (χ0v) is 9.43. The fourth-order valence-corrected chi connectivity index (χ4v) is 0.683. The minimum absolute atomic E-state index is 0.151. The van der Waals surface area contributed by atoms with Crippen molar-refractivity contribution in [1.82, 2.24) is 0 Å². The SMILES string of the molecule is COCCOC(=O)/C=C\C(=O)OCCOC. The van der Waals surface area contributed by atoms with Crippen molar-refractivity contribution >= 4 is 11.9 Å². The molecule has 0 saturated carbocycles. The molecule has 0 aliphatic carbocycles. The molecule has 0 bridgehead atoms. The van der Waals surface area contributed by atoms with Crippen molar-refractivity contribution in [1.29, 1.82) is 0 Å². The number of hydrogen-bond donors (Lipinski definition) is 0. The van der Waals surface area contributed by atoms with E-state index in [1.165, 1.54) is 14.2 Å². The summed E-state index contributed by atoms with van der Waals surface area (Å²) < 4.78 is 18.7. The molecule has 6 nitrogen and oxygen atoms in total. The normalized spacial score (nSPS) is 10.4. The van der Waals surface area contributed by atoms with Crippen LogP contribution in [-0.4, -0.2) is 52.6 Å². The van der Waals surface area contributed by atoms with Crippen molar-refractivity contribution in [3.8, 4) is 0 Å². The first kappa shape index (κ1) is 14.6. The molecule has 0 radical (unpaired) electrons. The highest BCUT2D eigenvalue weighted by Crippen LogP contribution is 1.86. The molecular formula is C10H16O6. The Bertz CT molecular complexity index is 211. The molecular weight excluding hydrogens is 216 g/mol. The highest BCUT2D eigenvalue weighted by atomic mass is 16.6. The molecule has 0 aliphatic rings. The minimum atomic E-state index is -0.610. The molecule has 0 aromatic heterocycles. The highest BCUT2D eigenvalue weighted by Gasteiger charge is 2.00. The van der Waals surface area contributed by atoms with Gasteiger partial charge in [-0.1, -0.05) is 0 Å². The van der Waals surface area contributed by atoms with Gasteiger partial charge in [0, 0.05) is 26.4 Å². The predicted octanol–water partition coefficient (Wildman–Crippen LogP) is -0.0782. The van der Waals surface area contributed by atoms with Crippen molar-refractivity contribution < 1.29 is 28.5 Å². The average molecular weight is 232 g/mol. The second-order valence-corrected chi connectivity index (χ2v) is 2.65. The van der Waals surface area contributed by atoms with E-state index in [2.05, 4.69) is 18.9 Å². The molecule has 6 heteroatoms. The summed E-state index contributed by atoms with van der Waals surface area (Å²) in [6.45, 7) is 0.937. The van der Waals surface area contributed by atoms with Gasteiger partial charge in [0.2, 0.25) is 0 Å². The summed E-state index contributed by atoms with van der Waals surface area (Å²) in [7, 11) is 2.99. The van der Waals surface area contributed by atoms with E-state index in [-0.39, 0.29) is 13.2 Å². The molecule has 16 heavy (non-hydrogen) atoms. The van der Waals surface area contributed by atoms with E-state index in [9.17, 15) is 9.59 Å². The number of hydrogen-bond acceptors (Lipinski definition) is 6. The standard InChI is InChI=1S/C10H16O6/c1-13-5-7-15-9(11)3-4-10(12)16-8-6-14-2/h3-4H,5-8H2,1-2H3/b4-3-. The van der Waals surface area contributed by atoms with Gasteiger partial charge in [0.15, 0.2) is 0 Å². The molecule has 0 aromatic carbocycles. The Labute approximate surface area is 94.1 Å². The highest BCUT2D eigenvalue weighted by molar-refractivity contribution is 5.91. The first-order valence-electron chi connectivity index (χ1n) is 4.70. The molecule has 92 valence electrons. The maximum absolute atomic E-state index is 11.0. The van der Waals surface area contributed by atoms with E-state index in [0.29, 0.717) is 13.2 Å². The van der Waals surface area contributed by atoms with Crippen LogP contribution in [0.5, 0.6) is 0 Å². The number of carbonyl (C=O) groups is 2. The van der Waals surface area contributed by atoms with Crippen LogP contribution in [0, 0.1) is 0 Å². The number of ether oxygens (including phenoxy) is 4. The van der Waals surface area contributed by atoms with Crippen LogP contribution in [0.4, 0.5) is 0 Å². The lowest BCUT2D eigenvalue weighted by atomic mass is 10.5. The number of methoxy groups -OCH3 is 2. The van der Waals surface area contributed by atoms with Gasteiger partial charge in [0.1, 0.15) is 13.2 Å². The fourth-order valence-electron chi connectivity index (χ4n) is 0.683. The Morgan fingerprint density at radius 2 is 1.19 bits per heavy atom. The van der Waals surface area contributed by atoms with E-state index in [1.54, 1.807) is 0 Å². The van der Waals surface area contributed by atoms with Gasteiger partial charge in [-0.3, -0.25) is 0 Å². The van der Waals surface area contributed by atoms with Crippen molar-refractivity contribution in [2.24, 2.45) is 0 Å². The summed E-state index contributed by atoms with van der Waals surface area (Å²) in [5, 5.41) is 0. The second kappa shape index (κ2) is 10.1. The Balaban J connectivity index is 3.63. The molecule has 0 N–H and O–H groups in total. The van der Waals surface area contributed by atoms with Crippen molar-refractivity contribution in [2.45, 2.75) is 0 Å². The van der Waals surface area contributed by atoms with Gasteiger partial charge in [-0.05, 0) is 0 Å². The number of rotatable bonds is 8. The topological polar surface area (TPSA) is 71.1 Å². The van der Waals surface area contributed by atoms with E-state index in [0.717, 1.165) is 12.2 Å². The molecule has 0 amide bonds. The third kappa shape index (κ3) is 9.17. The Morgan fingerprint density at radius 1 is 0.812 bits per heavy atom. The van der Waals surface area contributed by atoms with Gasteiger partial charge in [-0.25, -0.2) is 9.59 Å². The zero-order chi connectivity index (χ0) is 12.2. The molecule has 0 spiro atoms. The van der Waals surface area contributed by atoms with Crippen molar-refractivity contribution in [3.63, 3.8) is 0 Å². The molecule has 0 unspecified atom stereocenters. The quantitative estimate of drug-likeness (QED) is 0.331. The van der Waals surface area contributed by atoms with Gasteiger partial charge in [-0.2, -0.15) is 0 Å². The third-order valence-electron chi connectivity index (χ3n) is 1.42. The van der Waals surface area contributed by atoms with E-state index in [4.69, 9.17) is 0 Å². The largest absolute Gasteiger partial charge is 0.460 e. The first-order chi connectivity index (χ1) is 7.70. The summed E-state index contributed by atoms with van der Waals surface area (Å²) in [5.74, 6) is -1.22. The Kier molecular flexibility index (Phi) is 9.24. The van der Waals surface area contributed by atoms with E-state index < -0.39 is 11.9 Å². The lowest BCUT2D eigenvalue weighted by molar-refractivity contribution is -0.141. The second-order valence-electron chi connectivity index (χ2n) is 2.65. The van der Waals surface area contributed by atoms with Crippen LogP contribution in [0.2, 0.25) is 0 Å². The summed E-state index contributed by atoms with van der Waals surface area (Å²) in [6.07, 6.45) is 2.01. The van der Waals surface area contributed by atoms with Crippen LogP contribution in [0.3, 0.4) is 0 Å². The van der Waals surface area contributed by atoms with Crippen LogP contribution in [0.25, 0.3) is 0 Å². The van der Waals surface area contributed by atoms with Crippen molar-refractivity contribution in [2.75, 3.05) is 40.6 Å². The fraction of sp³-hybridized carbons (Fsp3) is 0.600. The van der Waals surface area contributed by atoms with Gasteiger partial charge in [0.25, 0.3) is 0 Å². The Morgan fingerprint density at radius 3 is 1.50 bits per heavy atom. The van der Waals surface area contributed by atoms with E-state index in [1.807, 2.05) is 0 Å². The Hall–Kier alpha value is -1.40. The summed E-state index contributed by atoms with van der Waals surface area (Å²) in [6, 6.07) is 0. The maximum Gasteiger partial charge on any atom is 0.331 e. The summed E-state index contributed by atoms with van der Waals surface area (Å²) >= 11 is 0. The molecule has 0 aromatic rings. The lowest BCUT2D eigenvalue weighted by Crippen LogP contribution is -2.09. The van der Waals surface area contributed by atoms with Crippen molar-refractivity contribution in [3.05, 3.63) is 12.2 Å². The van der Waals surface area contributed by atoms with Gasteiger partial charge in [0.05, 0.1) is 13.2 Å². The van der Waals surface area contributed by atoms with Crippen LogP contribution in [-0.2, 0) is 28.5 Å². The van der Waals surface area contributed by atoms with Crippen LogP contribution in [0.1, 0.15) is 0 Å². The molecule has 0 atom stereocenters. The van der Waals surface area contributed by atoms with Crippen LogP contribution in [0.15, 0.2) is 12.2 Å². The lowest BCUT2D eigenvalue weighted by Gasteiger charge is -2.00. The first-order valence-corrected chi connectivity index (χ1v) is 4.70.